The van der Waals surface area contributed by atoms with Crippen LogP contribution < -0.4 is 4.72 Å². The van der Waals surface area contributed by atoms with Crippen molar-refractivity contribution in [1.29, 1.82) is 5.26 Å². The van der Waals surface area contributed by atoms with Gasteiger partial charge in [0.05, 0.1) is 16.9 Å². The number of hydrogen-bond acceptors (Lipinski definition) is 3. The van der Waals surface area contributed by atoms with Gasteiger partial charge in [0, 0.05) is 6.54 Å². The maximum atomic E-state index is 12.2. The quantitative estimate of drug-likeness (QED) is 0.617. The lowest BCUT2D eigenvalue weighted by Gasteiger charge is -2.11. The van der Waals surface area contributed by atoms with Crippen LogP contribution >= 0.6 is 0 Å². The first-order valence-electron chi connectivity index (χ1n) is 8.45. The Balaban J connectivity index is 2.38. The summed E-state index contributed by atoms with van der Waals surface area (Å²) < 4.78 is 26.9. The van der Waals surface area contributed by atoms with E-state index in [0.29, 0.717) is 0 Å². The van der Waals surface area contributed by atoms with Gasteiger partial charge in [-0.15, -0.1) is 0 Å². The van der Waals surface area contributed by atoms with Crippen molar-refractivity contribution in [3.05, 3.63) is 29.8 Å². The molecule has 1 atom stereocenters. The van der Waals surface area contributed by atoms with Crippen LogP contribution in [-0.4, -0.2) is 15.0 Å². The molecule has 1 aromatic carbocycles. The molecule has 23 heavy (non-hydrogen) atoms. The third-order valence-electron chi connectivity index (χ3n) is 3.94. The number of nitrogens with one attached hydrogen (secondary N) is 1. The molecule has 0 heterocycles. The predicted molar refractivity (Wildman–Crippen MR) is 93.5 cm³/mol. The van der Waals surface area contributed by atoms with Crippen LogP contribution in [0, 0.1) is 24.2 Å². The van der Waals surface area contributed by atoms with Crippen molar-refractivity contribution in [2.24, 2.45) is 5.92 Å². The average molecular weight is 337 g/mol. The highest BCUT2D eigenvalue weighted by Gasteiger charge is 2.16. The van der Waals surface area contributed by atoms with Crippen LogP contribution in [0.25, 0.3) is 0 Å². The summed E-state index contributed by atoms with van der Waals surface area (Å²) in [6.45, 7) is 4.28. The maximum absolute atomic E-state index is 12.2. The molecule has 0 aliphatic rings. The summed E-state index contributed by atoms with van der Waals surface area (Å²) in [6, 6.07) is 8.93. The number of benzene rings is 1. The van der Waals surface area contributed by atoms with E-state index in [1.54, 1.807) is 24.3 Å². The largest absolute Gasteiger partial charge is 0.240 e. The second-order valence-corrected chi connectivity index (χ2v) is 7.81. The van der Waals surface area contributed by atoms with E-state index >= 15 is 0 Å². The van der Waals surface area contributed by atoms with E-state index in [0.717, 1.165) is 24.8 Å². The van der Waals surface area contributed by atoms with Crippen molar-refractivity contribution in [3.63, 3.8) is 0 Å². The third kappa shape index (κ3) is 7.62. The zero-order chi connectivity index (χ0) is 17.1. The summed E-state index contributed by atoms with van der Waals surface area (Å²) in [5.41, 5.74) is 1.02. The van der Waals surface area contributed by atoms with Crippen molar-refractivity contribution in [2.75, 3.05) is 6.54 Å². The third-order valence-corrected chi connectivity index (χ3v) is 5.38. The van der Waals surface area contributed by atoms with Gasteiger partial charge >= 0.3 is 0 Å². The second kappa shape index (κ2) is 10.4. The Hall–Kier alpha value is -1.38. The van der Waals surface area contributed by atoms with Gasteiger partial charge in [0.15, 0.2) is 0 Å². The number of sulfonamides is 1. The summed E-state index contributed by atoms with van der Waals surface area (Å²) in [4.78, 5) is 0.249. The summed E-state index contributed by atoms with van der Waals surface area (Å²) in [5, 5.41) is 9.19. The minimum Gasteiger partial charge on any atom is -0.210 e. The number of hydrogen-bond donors (Lipinski definition) is 1. The fraction of sp³-hybridized carbons (Fsp3) is 0.611. The Morgan fingerprint density at radius 3 is 2.30 bits per heavy atom. The van der Waals surface area contributed by atoms with E-state index < -0.39 is 10.0 Å². The van der Waals surface area contributed by atoms with Gasteiger partial charge in [-0.25, -0.2) is 13.1 Å². The van der Waals surface area contributed by atoms with Crippen LogP contribution in [-0.2, 0) is 10.0 Å². The van der Waals surface area contributed by atoms with Gasteiger partial charge in [0.2, 0.25) is 10.0 Å². The van der Waals surface area contributed by atoms with Gasteiger partial charge in [-0.3, -0.25) is 0 Å². The Labute approximate surface area is 141 Å². The van der Waals surface area contributed by atoms with Gasteiger partial charge < -0.3 is 0 Å². The molecule has 4 nitrogen and oxygen atoms in total. The first kappa shape index (κ1) is 19.7. The molecule has 0 fully saturated rings. The van der Waals surface area contributed by atoms with Crippen molar-refractivity contribution < 1.29 is 8.42 Å². The minimum absolute atomic E-state index is 0.182. The second-order valence-electron chi connectivity index (χ2n) is 6.05. The molecule has 0 amide bonds. The van der Waals surface area contributed by atoms with E-state index in [-0.39, 0.29) is 17.4 Å². The lowest BCUT2D eigenvalue weighted by atomic mass is 10.0. The Kier molecular flexibility index (Phi) is 8.90. The normalized spacial score (nSPS) is 12.7. The minimum atomic E-state index is -3.53. The molecule has 0 bridgehead atoms. The average Bonchev–Trinajstić information content (AvgIpc) is 2.54. The molecule has 0 saturated heterocycles. The van der Waals surface area contributed by atoms with Crippen molar-refractivity contribution >= 4 is 10.0 Å². The summed E-state index contributed by atoms with van der Waals surface area (Å²) in [5.74, 6) is -0.263. The molecule has 0 spiro atoms. The van der Waals surface area contributed by atoms with E-state index in [4.69, 9.17) is 0 Å². The molecule has 128 valence electrons. The molecule has 5 heteroatoms. The summed E-state index contributed by atoms with van der Waals surface area (Å²) >= 11 is 0. The van der Waals surface area contributed by atoms with Crippen LogP contribution in [0.1, 0.15) is 57.4 Å². The van der Waals surface area contributed by atoms with Crippen molar-refractivity contribution in [1.82, 2.24) is 4.72 Å². The highest BCUT2D eigenvalue weighted by atomic mass is 32.2. The summed E-state index contributed by atoms with van der Waals surface area (Å²) in [6.07, 6.45) is 7.77. The molecular formula is C18H28N2O2S. The maximum Gasteiger partial charge on any atom is 0.240 e. The van der Waals surface area contributed by atoms with Crippen molar-refractivity contribution in [3.8, 4) is 6.07 Å². The predicted octanol–water partition coefficient (Wildman–Crippen LogP) is 4.16. The highest BCUT2D eigenvalue weighted by molar-refractivity contribution is 7.89. The van der Waals surface area contributed by atoms with Crippen LogP contribution in [0.4, 0.5) is 0 Å². The van der Waals surface area contributed by atoms with Crippen LogP contribution in [0.3, 0.4) is 0 Å². The van der Waals surface area contributed by atoms with Gasteiger partial charge in [-0.2, -0.15) is 5.26 Å². The monoisotopic (exact) mass is 336 g/mol. The molecular weight excluding hydrogens is 308 g/mol. The molecule has 0 aromatic heterocycles. The lowest BCUT2D eigenvalue weighted by Crippen LogP contribution is -2.29. The molecule has 1 unspecified atom stereocenters. The zero-order valence-corrected chi connectivity index (χ0v) is 15.0. The van der Waals surface area contributed by atoms with Crippen molar-refractivity contribution in [2.45, 2.75) is 63.7 Å². The number of nitrogens with zero attached hydrogens (tertiary/aromatic N) is 1. The Morgan fingerprint density at radius 2 is 1.70 bits per heavy atom. The number of aryl methyl sites for hydroxylation is 1. The van der Waals surface area contributed by atoms with Crippen LogP contribution in [0.15, 0.2) is 29.2 Å². The number of rotatable bonds is 11. The van der Waals surface area contributed by atoms with E-state index in [9.17, 15) is 13.7 Å². The van der Waals surface area contributed by atoms with Crippen LogP contribution in [0.2, 0.25) is 0 Å². The highest BCUT2D eigenvalue weighted by Crippen LogP contribution is 2.14. The van der Waals surface area contributed by atoms with Crippen LogP contribution in [0.5, 0.6) is 0 Å². The van der Waals surface area contributed by atoms with Gasteiger partial charge in [0.25, 0.3) is 0 Å². The molecule has 0 saturated carbocycles. The summed E-state index contributed by atoms with van der Waals surface area (Å²) in [7, 11) is -3.53. The van der Waals surface area contributed by atoms with E-state index in [1.165, 1.54) is 25.7 Å². The topological polar surface area (TPSA) is 70.0 Å². The fourth-order valence-corrected chi connectivity index (χ4v) is 3.48. The van der Waals surface area contributed by atoms with E-state index in [1.807, 2.05) is 6.92 Å². The smallest absolute Gasteiger partial charge is 0.210 e. The van der Waals surface area contributed by atoms with E-state index in [2.05, 4.69) is 17.7 Å². The van der Waals surface area contributed by atoms with Gasteiger partial charge in [-0.05, 0) is 25.5 Å². The first-order valence-corrected chi connectivity index (χ1v) is 9.94. The Bertz CT molecular complexity index is 588. The SMILES string of the molecule is CCCCCCCCC(C#N)CNS(=O)(=O)c1ccc(C)cc1. The fourth-order valence-electron chi connectivity index (χ4n) is 2.39. The van der Waals surface area contributed by atoms with Gasteiger partial charge in [0.1, 0.15) is 0 Å². The first-order chi connectivity index (χ1) is 11.0. The molecule has 0 aliphatic heterocycles. The Morgan fingerprint density at radius 1 is 1.09 bits per heavy atom. The lowest BCUT2D eigenvalue weighted by molar-refractivity contribution is 0.512. The zero-order valence-electron chi connectivity index (χ0n) is 14.2. The molecule has 0 aliphatic carbocycles. The number of unbranched alkanes of at least 4 members (excludes halogenated alkanes) is 5. The molecule has 1 aromatic rings. The molecule has 1 N–H and O–H groups in total. The molecule has 0 radical (unpaired) electrons. The standard InChI is InChI=1S/C18H28N2O2S/c1-3-4-5-6-7-8-9-17(14-19)15-20-23(21,22)18-12-10-16(2)11-13-18/h10-13,17,20H,3-9,15H2,1-2H3. The van der Waals surface area contributed by atoms with Gasteiger partial charge in [-0.1, -0.05) is 63.1 Å². The number of nitriles is 1. The molecule has 1 rings (SSSR count).